The SMILES string of the molecule is COCC(=O)N1CCC[C@@]1(C)C(=O)NCCNc1ccc(C(=O)Nc2ccc(-c3ccc(-c4cnc([C@@H]5CC6(CN5C(=O)[C@@H](NC(=O)OC)C(C)C)OCCO6)[nH]4)cc3)c(OC(F)(F)F)c2)cn1. The fourth-order valence-corrected chi connectivity index (χ4v) is 8.62. The summed E-state index contributed by atoms with van der Waals surface area (Å²) in [7, 11) is 2.64. The second kappa shape index (κ2) is 20.6. The lowest BCUT2D eigenvalue weighted by Crippen LogP contribution is -2.56. The molecule has 2 aromatic heterocycles. The summed E-state index contributed by atoms with van der Waals surface area (Å²) in [6, 6.07) is 12.1. The standard InChI is InChI=1S/C46H54F3N9O10/c1-27(2)38(56-43(63)65-5)41(61)57-26-45(66-19-20-67-45)22-34(57)39-53-24-33(55-39)29-9-7-28(8-10-29)32-13-12-31(21-35(32)68-46(47,48)49)54-40(60)30-11-14-36(52-23-30)50-16-17-51-42(62)44(3)15-6-18-58(44)37(59)25-64-4/h7-14,21,23-24,27,34,38H,6,15-20,22,25-26H2,1-5H3,(H,50,52)(H,51,62)(H,53,55)(H,54,60)(H,56,63)/t34-,38-,44-/m0/s1. The highest BCUT2D eigenvalue weighted by Gasteiger charge is 2.53. The smallest absolute Gasteiger partial charge is 0.453 e. The Morgan fingerprint density at radius 3 is 2.35 bits per heavy atom. The number of hydrogen-bond acceptors (Lipinski definition) is 13. The molecule has 2 aromatic carbocycles. The van der Waals surface area contributed by atoms with E-state index in [1.54, 1.807) is 62.2 Å². The van der Waals surface area contributed by atoms with Gasteiger partial charge in [0.05, 0.1) is 50.4 Å². The lowest BCUT2D eigenvalue weighted by atomic mass is 9.97. The van der Waals surface area contributed by atoms with Gasteiger partial charge in [-0.3, -0.25) is 19.2 Å². The number of alkyl carbamates (subject to hydrolysis) is 1. The summed E-state index contributed by atoms with van der Waals surface area (Å²) in [5.74, 6) is -2.56. The van der Waals surface area contributed by atoms with E-state index in [1.807, 2.05) is 0 Å². The maximum absolute atomic E-state index is 14.0. The van der Waals surface area contributed by atoms with E-state index in [0.717, 1.165) is 6.07 Å². The van der Waals surface area contributed by atoms with E-state index in [1.165, 1.54) is 43.5 Å². The molecule has 5 N–H and O–H groups in total. The van der Waals surface area contributed by atoms with E-state index in [2.05, 4.69) is 41.0 Å². The Hall–Kier alpha value is -6.78. The fraction of sp³-hybridized carbons (Fsp3) is 0.457. The molecule has 4 aromatic rings. The summed E-state index contributed by atoms with van der Waals surface area (Å²) in [6.45, 7) is 7.03. The van der Waals surface area contributed by atoms with Crippen molar-refractivity contribution in [3.8, 4) is 28.1 Å². The summed E-state index contributed by atoms with van der Waals surface area (Å²) in [4.78, 5) is 80.0. The minimum Gasteiger partial charge on any atom is -0.453 e. The number of carbonyl (C=O) groups is 5. The maximum Gasteiger partial charge on any atom is 0.573 e. The number of carbonyl (C=O) groups excluding carboxylic acids is 5. The van der Waals surface area contributed by atoms with Gasteiger partial charge in [0.15, 0.2) is 5.79 Å². The van der Waals surface area contributed by atoms with E-state index >= 15 is 0 Å². The van der Waals surface area contributed by atoms with Gasteiger partial charge in [0.1, 0.15) is 35.6 Å². The van der Waals surface area contributed by atoms with Gasteiger partial charge in [0, 0.05) is 56.7 Å². The number of likely N-dealkylation sites (tertiary alicyclic amines) is 2. The molecular weight excluding hydrogens is 896 g/mol. The first-order chi connectivity index (χ1) is 32.4. The van der Waals surface area contributed by atoms with Crippen LogP contribution in [0.4, 0.5) is 29.5 Å². The zero-order chi connectivity index (χ0) is 48.8. The highest BCUT2D eigenvalue weighted by molar-refractivity contribution is 6.04. The quantitative estimate of drug-likeness (QED) is 0.0907. The number of ether oxygens (including phenoxy) is 5. The first-order valence-electron chi connectivity index (χ1n) is 22.0. The Bertz CT molecular complexity index is 2460. The van der Waals surface area contributed by atoms with Crippen molar-refractivity contribution in [1.82, 2.24) is 35.4 Å². The predicted molar refractivity (Wildman–Crippen MR) is 239 cm³/mol. The molecular formula is C46H54F3N9O10. The van der Waals surface area contributed by atoms with Gasteiger partial charge < -0.3 is 59.7 Å². The van der Waals surface area contributed by atoms with Gasteiger partial charge in [-0.25, -0.2) is 14.8 Å². The molecule has 0 aliphatic carbocycles. The molecule has 3 saturated heterocycles. The maximum atomic E-state index is 14.0. The van der Waals surface area contributed by atoms with Crippen molar-refractivity contribution in [2.45, 2.75) is 69.8 Å². The van der Waals surface area contributed by atoms with Gasteiger partial charge in [-0.2, -0.15) is 0 Å². The molecule has 364 valence electrons. The number of nitrogens with one attached hydrogen (secondary N) is 5. The minimum atomic E-state index is -5.05. The molecule has 0 saturated carbocycles. The predicted octanol–water partition coefficient (Wildman–Crippen LogP) is 5.24. The summed E-state index contributed by atoms with van der Waals surface area (Å²) < 4.78 is 67.3. The topological polar surface area (TPSA) is 228 Å². The first-order valence-corrected chi connectivity index (χ1v) is 22.0. The van der Waals surface area contributed by atoms with Crippen molar-refractivity contribution in [2.75, 3.05) is 70.9 Å². The number of pyridine rings is 1. The molecule has 0 unspecified atom stereocenters. The van der Waals surface area contributed by atoms with Crippen LogP contribution in [0, 0.1) is 5.92 Å². The van der Waals surface area contributed by atoms with Crippen LogP contribution in [0.5, 0.6) is 5.75 Å². The summed E-state index contributed by atoms with van der Waals surface area (Å²) in [5.41, 5.74) is 0.863. The molecule has 0 bridgehead atoms. The van der Waals surface area contributed by atoms with Crippen molar-refractivity contribution in [2.24, 2.45) is 5.92 Å². The van der Waals surface area contributed by atoms with Crippen molar-refractivity contribution in [3.05, 3.63) is 78.4 Å². The van der Waals surface area contributed by atoms with Crippen LogP contribution >= 0.6 is 0 Å². The molecule has 5 heterocycles. The largest absolute Gasteiger partial charge is 0.573 e. The van der Waals surface area contributed by atoms with Crippen molar-refractivity contribution >= 4 is 41.2 Å². The van der Waals surface area contributed by atoms with Crippen molar-refractivity contribution in [3.63, 3.8) is 0 Å². The number of benzene rings is 2. The molecule has 5 amide bonds. The molecule has 1 spiro atoms. The molecule has 3 aliphatic rings. The highest BCUT2D eigenvalue weighted by Crippen LogP contribution is 2.43. The number of aromatic amines is 1. The number of imidazole rings is 1. The third kappa shape index (κ3) is 11.1. The number of hydrogen-bond donors (Lipinski definition) is 5. The van der Waals surface area contributed by atoms with E-state index in [9.17, 15) is 37.1 Å². The van der Waals surface area contributed by atoms with Crippen LogP contribution in [0.15, 0.2) is 67.0 Å². The average molecular weight is 950 g/mol. The molecule has 19 nitrogen and oxygen atoms in total. The van der Waals surface area contributed by atoms with Gasteiger partial charge in [0.2, 0.25) is 17.7 Å². The van der Waals surface area contributed by atoms with E-state index in [4.69, 9.17) is 18.9 Å². The number of methoxy groups -OCH3 is 2. The molecule has 3 atom stereocenters. The number of amides is 5. The summed E-state index contributed by atoms with van der Waals surface area (Å²) in [5, 5.41) is 11.1. The Labute approximate surface area is 389 Å². The number of halogens is 3. The summed E-state index contributed by atoms with van der Waals surface area (Å²) >= 11 is 0. The number of H-pyrrole nitrogens is 1. The van der Waals surface area contributed by atoms with E-state index < -0.39 is 47.5 Å². The Morgan fingerprint density at radius 2 is 1.69 bits per heavy atom. The van der Waals surface area contributed by atoms with Crippen LogP contribution < -0.4 is 26.0 Å². The van der Waals surface area contributed by atoms with Crippen LogP contribution in [0.1, 0.15) is 62.3 Å². The fourth-order valence-electron chi connectivity index (χ4n) is 8.62. The Kier molecular flexibility index (Phi) is 14.9. The van der Waals surface area contributed by atoms with E-state index in [-0.39, 0.29) is 66.6 Å². The van der Waals surface area contributed by atoms with Crippen molar-refractivity contribution < 1.29 is 60.8 Å². The molecule has 3 fully saturated rings. The van der Waals surface area contributed by atoms with E-state index in [0.29, 0.717) is 67.6 Å². The van der Waals surface area contributed by atoms with Gasteiger partial charge >= 0.3 is 12.5 Å². The molecule has 68 heavy (non-hydrogen) atoms. The molecule has 22 heteroatoms. The average Bonchev–Trinajstić information content (AvgIpc) is 4.14. The lowest BCUT2D eigenvalue weighted by Gasteiger charge is -2.33. The summed E-state index contributed by atoms with van der Waals surface area (Å²) in [6.07, 6.45) is -1.41. The third-order valence-electron chi connectivity index (χ3n) is 12.1. The third-order valence-corrected chi connectivity index (χ3v) is 12.1. The number of aromatic nitrogens is 3. The van der Waals surface area contributed by atoms with Crippen LogP contribution in [-0.4, -0.2) is 138 Å². The van der Waals surface area contributed by atoms with Crippen LogP contribution in [0.25, 0.3) is 22.4 Å². The number of alkyl halides is 3. The number of anilines is 2. The zero-order valence-electron chi connectivity index (χ0n) is 38.2. The first kappa shape index (κ1) is 49.1. The second-order valence-corrected chi connectivity index (χ2v) is 17.1. The molecule has 0 radical (unpaired) electrons. The zero-order valence-corrected chi connectivity index (χ0v) is 38.2. The molecule has 3 aliphatic heterocycles. The van der Waals surface area contributed by atoms with Gasteiger partial charge in [-0.15, -0.1) is 13.2 Å². The Balaban J connectivity index is 0.989. The minimum absolute atomic E-state index is 0.0337. The number of nitrogens with zero attached hydrogens (tertiary/aromatic N) is 4. The normalized spacial score (nSPS) is 19.2. The lowest BCUT2D eigenvalue weighted by molar-refractivity contribution is -0.274. The number of rotatable bonds is 16. The molecule has 7 rings (SSSR count). The Morgan fingerprint density at radius 1 is 0.956 bits per heavy atom. The van der Waals surface area contributed by atoms with Crippen LogP contribution in [0.3, 0.4) is 0 Å². The van der Waals surface area contributed by atoms with Gasteiger partial charge in [-0.1, -0.05) is 38.1 Å². The second-order valence-electron chi connectivity index (χ2n) is 17.1. The monoisotopic (exact) mass is 949 g/mol. The van der Waals surface area contributed by atoms with Crippen molar-refractivity contribution in [1.29, 1.82) is 0 Å². The van der Waals surface area contributed by atoms with Gasteiger partial charge in [0.25, 0.3) is 5.91 Å². The highest BCUT2D eigenvalue weighted by atomic mass is 19.4. The van der Waals surface area contributed by atoms with Crippen LogP contribution in [0.2, 0.25) is 0 Å². The van der Waals surface area contributed by atoms with Crippen LogP contribution in [-0.2, 0) is 33.3 Å². The van der Waals surface area contributed by atoms with Gasteiger partial charge in [-0.05, 0) is 61.1 Å².